The molecule has 90 valence electrons. The molecule has 0 bridgehead atoms. The number of anilines is 2. The maximum absolute atomic E-state index is 4.65. The summed E-state index contributed by atoms with van der Waals surface area (Å²) in [5, 5.41) is 9.89. The highest BCUT2D eigenvalue weighted by atomic mass is 16.5. The monoisotopic (exact) mass is 234 g/mol. The van der Waals surface area contributed by atoms with Crippen molar-refractivity contribution >= 4 is 11.6 Å². The summed E-state index contributed by atoms with van der Waals surface area (Å²) in [5.74, 6) is 2.97. The zero-order chi connectivity index (χ0) is 12.1. The van der Waals surface area contributed by atoms with Crippen molar-refractivity contribution in [2.24, 2.45) is 0 Å². The van der Waals surface area contributed by atoms with Crippen LogP contribution >= 0.6 is 0 Å². The van der Waals surface area contributed by atoms with Crippen LogP contribution in [0.4, 0.5) is 11.6 Å². The normalized spacial score (nSPS) is 10.2. The summed E-state index contributed by atoms with van der Waals surface area (Å²) in [5.41, 5.74) is 0. The molecular weight excluding hydrogens is 220 g/mol. The lowest BCUT2D eigenvalue weighted by molar-refractivity contribution is 0.410. The SMILES string of the molecule is CNc1cc(NCCc2ncon2)nc(C)n1. The first kappa shape index (κ1) is 11.3. The van der Waals surface area contributed by atoms with Gasteiger partial charge in [0.15, 0.2) is 5.82 Å². The summed E-state index contributed by atoms with van der Waals surface area (Å²) < 4.78 is 4.65. The highest BCUT2D eigenvalue weighted by Crippen LogP contribution is 2.10. The number of nitrogens with zero attached hydrogens (tertiary/aromatic N) is 4. The number of aromatic nitrogens is 4. The molecule has 0 atom stereocenters. The van der Waals surface area contributed by atoms with E-state index in [-0.39, 0.29) is 0 Å². The van der Waals surface area contributed by atoms with E-state index < -0.39 is 0 Å². The van der Waals surface area contributed by atoms with Crippen molar-refractivity contribution in [2.75, 3.05) is 24.2 Å². The fraction of sp³-hybridized carbons (Fsp3) is 0.400. The molecule has 0 saturated carbocycles. The third kappa shape index (κ3) is 3.13. The predicted molar refractivity (Wildman–Crippen MR) is 62.8 cm³/mol. The van der Waals surface area contributed by atoms with Gasteiger partial charge in [-0.1, -0.05) is 5.16 Å². The van der Waals surface area contributed by atoms with E-state index in [0.29, 0.717) is 18.8 Å². The molecule has 0 spiro atoms. The zero-order valence-electron chi connectivity index (χ0n) is 9.77. The molecule has 2 aromatic heterocycles. The molecule has 0 amide bonds. The maximum Gasteiger partial charge on any atom is 0.213 e. The Morgan fingerprint density at radius 1 is 1.29 bits per heavy atom. The van der Waals surface area contributed by atoms with Crippen LogP contribution in [-0.4, -0.2) is 33.7 Å². The second-order valence-corrected chi connectivity index (χ2v) is 3.46. The van der Waals surface area contributed by atoms with Crippen molar-refractivity contribution in [2.45, 2.75) is 13.3 Å². The molecule has 2 rings (SSSR count). The molecule has 0 unspecified atom stereocenters. The molecule has 2 heterocycles. The van der Waals surface area contributed by atoms with E-state index in [1.54, 1.807) is 0 Å². The van der Waals surface area contributed by atoms with Crippen molar-refractivity contribution in [3.8, 4) is 0 Å². The van der Waals surface area contributed by atoms with Gasteiger partial charge < -0.3 is 15.2 Å². The molecule has 0 saturated heterocycles. The van der Waals surface area contributed by atoms with Crippen LogP contribution in [-0.2, 0) is 6.42 Å². The largest absolute Gasteiger partial charge is 0.373 e. The second kappa shape index (κ2) is 5.24. The standard InChI is InChI=1S/C10H14N6O/c1-7-14-9(11-2)5-10(15-7)12-4-3-8-13-6-17-16-8/h5-6H,3-4H2,1-2H3,(H2,11,12,14,15). The Labute approximate surface area is 98.7 Å². The van der Waals surface area contributed by atoms with Crippen LogP contribution in [0, 0.1) is 6.92 Å². The first-order valence-corrected chi connectivity index (χ1v) is 5.30. The minimum Gasteiger partial charge on any atom is -0.373 e. The third-order valence-electron chi connectivity index (χ3n) is 2.16. The van der Waals surface area contributed by atoms with Crippen molar-refractivity contribution in [1.29, 1.82) is 0 Å². The van der Waals surface area contributed by atoms with Gasteiger partial charge in [0.1, 0.15) is 17.5 Å². The summed E-state index contributed by atoms with van der Waals surface area (Å²) in [7, 11) is 1.82. The van der Waals surface area contributed by atoms with Gasteiger partial charge in [-0.3, -0.25) is 0 Å². The first-order valence-electron chi connectivity index (χ1n) is 5.30. The fourth-order valence-corrected chi connectivity index (χ4v) is 1.39. The van der Waals surface area contributed by atoms with Gasteiger partial charge in [-0.2, -0.15) is 4.98 Å². The van der Waals surface area contributed by atoms with Gasteiger partial charge in [0, 0.05) is 26.1 Å². The summed E-state index contributed by atoms with van der Waals surface area (Å²) in [6, 6.07) is 1.85. The molecule has 0 aliphatic rings. The van der Waals surface area contributed by atoms with Crippen LogP contribution in [0.1, 0.15) is 11.6 Å². The van der Waals surface area contributed by atoms with Crippen molar-refractivity contribution in [1.82, 2.24) is 20.1 Å². The average Bonchev–Trinajstić information content (AvgIpc) is 2.81. The van der Waals surface area contributed by atoms with Crippen LogP contribution in [0.2, 0.25) is 0 Å². The van der Waals surface area contributed by atoms with Crippen molar-refractivity contribution in [3.63, 3.8) is 0 Å². The lowest BCUT2D eigenvalue weighted by atomic mass is 10.4. The second-order valence-electron chi connectivity index (χ2n) is 3.46. The molecule has 0 aliphatic heterocycles. The smallest absolute Gasteiger partial charge is 0.213 e. The average molecular weight is 234 g/mol. The molecule has 2 N–H and O–H groups in total. The zero-order valence-corrected chi connectivity index (χ0v) is 9.77. The van der Waals surface area contributed by atoms with Crippen LogP contribution in [0.3, 0.4) is 0 Å². The number of nitrogens with one attached hydrogen (secondary N) is 2. The van der Waals surface area contributed by atoms with Gasteiger partial charge >= 0.3 is 0 Å². The van der Waals surface area contributed by atoms with E-state index >= 15 is 0 Å². The van der Waals surface area contributed by atoms with Crippen LogP contribution < -0.4 is 10.6 Å². The van der Waals surface area contributed by atoms with E-state index in [1.807, 2.05) is 20.0 Å². The number of hydrogen-bond donors (Lipinski definition) is 2. The fourth-order valence-electron chi connectivity index (χ4n) is 1.39. The molecule has 2 aromatic rings. The van der Waals surface area contributed by atoms with Gasteiger partial charge in [0.2, 0.25) is 6.39 Å². The van der Waals surface area contributed by atoms with E-state index in [0.717, 1.165) is 17.5 Å². The first-order chi connectivity index (χ1) is 8.28. The summed E-state index contributed by atoms with van der Waals surface area (Å²) in [6.07, 6.45) is 2.01. The number of aryl methyl sites for hydroxylation is 1. The molecule has 0 aromatic carbocycles. The van der Waals surface area contributed by atoms with Crippen molar-refractivity contribution < 1.29 is 4.52 Å². The van der Waals surface area contributed by atoms with Crippen LogP contribution in [0.5, 0.6) is 0 Å². The Balaban J connectivity index is 1.92. The van der Waals surface area contributed by atoms with Crippen LogP contribution in [0.25, 0.3) is 0 Å². The van der Waals surface area contributed by atoms with Gasteiger partial charge in [0.25, 0.3) is 0 Å². The molecule has 0 radical (unpaired) electrons. The van der Waals surface area contributed by atoms with E-state index in [2.05, 4.69) is 35.3 Å². The maximum atomic E-state index is 4.65. The number of hydrogen-bond acceptors (Lipinski definition) is 7. The van der Waals surface area contributed by atoms with Crippen molar-refractivity contribution in [3.05, 3.63) is 24.1 Å². The quantitative estimate of drug-likeness (QED) is 0.793. The molecule has 7 heteroatoms. The minimum atomic E-state index is 0.678. The molecule has 0 aliphatic carbocycles. The van der Waals surface area contributed by atoms with Gasteiger partial charge in [0.05, 0.1) is 0 Å². The Morgan fingerprint density at radius 3 is 2.82 bits per heavy atom. The highest BCUT2D eigenvalue weighted by Gasteiger charge is 2.01. The van der Waals surface area contributed by atoms with E-state index in [9.17, 15) is 0 Å². The lowest BCUT2D eigenvalue weighted by Crippen LogP contribution is -2.09. The molecular formula is C10H14N6O. The summed E-state index contributed by atoms with van der Waals surface area (Å²) in [4.78, 5) is 12.4. The summed E-state index contributed by atoms with van der Waals surface area (Å²) in [6.45, 7) is 2.55. The molecule has 0 fully saturated rings. The van der Waals surface area contributed by atoms with Gasteiger partial charge in [-0.05, 0) is 6.92 Å². The number of rotatable bonds is 5. The summed E-state index contributed by atoms with van der Waals surface area (Å²) >= 11 is 0. The Kier molecular flexibility index (Phi) is 3.49. The van der Waals surface area contributed by atoms with E-state index in [1.165, 1.54) is 6.39 Å². The topological polar surface area (TPSA) is 88.8 Å². The predicted octanol–water partition coefficient (Wildman–Crippen LogP) is 0.864. The molecule has 17 heavy (non-hydrogen) atoms. The Bertz CT molecular complexity index is 470. The minimum absolute atomic E-state index is 0.678. The molecule has 7 nitrogen and oxygen atoms in total. The Morgan fingerprint density at radius 2 is 2.12 bits per heavy atom. The third-order valence-corrected chi connectivity index (χ3v) is 2.16. The Hall–Kier alpha value is -2.18. The van der Waals surface area contributed by atoms with E-state index in [4.69, 9.17) is 0 Å². The lowest BCUT2D eigenvalue weighted by Gasteiger charge is -2.07. The van der Waals surface area contributed by atoms with Gasteiger partial charge in [-0.15, -0.1) is 0 Å². The highest BCUT2D eigenvalue weighted by molar-refractivity contribution is 5.47. The van der Waals surface area contributed by atoms with Crippen LogP contribution in [0.15, 0.2) is 17.0 Å². The van der Waals surface area contributed by atoms with Gasteiger partial charge in [-0.25, -0.2) is 9.97 Å².